The van der Waals surface area contributed by atoms with Crippen LogP contribution in [0, 0.1) is 0 Å². The van der Waals surface area contributed by atoms with Gasteiger partial charge in [0.25, 0.3) is 0 Å². The second kappa shape index (κ2) is 7.78. The standard InChI is InChI=1S/C26H25FN4O2/c1-25-7-8-26(2,31-25)24(27)18(13-25)10-19-14-30-21(15-29-19)20-5-4-16(11-22(20)32)17-6-9-28-23(12-17)33-3/h4-12,14-15,24,31-32H,13H2,1-3H3/b18-10+/t24-,25-,26+/m1/s1. The quantitative estimate of drug-likeness (QED) is 0.567. The maximum Gasteiger partial charge on any atom is 0.213 e. The Morgan fingerprint density at radius 1 is 1.09 bits per heavy atom. The average molecular weight is 445 g/mol. The molecule has 33 heavy (non-hydrogen) atoms. The van der Waals surface area contributed by atoms with Gasteiger partial charge in [0.05, 0.1) is 36.4 Å². The van der Waals surface area contributed by atoms with E-state index in [4.69, 9.17) is 4.74 Å². The fraction of sp³-hybridized carbons (Fsp3) is 0.269. The fourth-order valence-electron chi connectivity index (χ4n) is 4.70. The summed E-state index contributed by atoms with van der Waals surface area (Å²) in [6.07, 6.45) is 10.1. The molecule has 2 aromatic heterocycles. The van der Waals surface area contributed by atoms with E-state index in [0.717, 1.165) is 11.1 Å². The van der Waals surface area contributed by atoms with Gasteiger partial charge >= 0.3 is 0 Å². The first kappa shape index (κ1) is 21.3. The molecule has 2 N–H and O–H groups in total. The number of nitrogens with one attached hydrogen (secondary N) is 1. The maximum atomic E-state index is 15.1. The zero-order chi connectivity index (χ0) is 23.2. The number of halogens is 1. The summed E-state index contributed by atoms with van der Waals surface area (Å²) in [7, 11) is 1.56. The monoisotopic (exact) mass is 444 g/mol. The lowest BCUT2D eigenvalue weighted by atomic mass is 9.81. The van der Waals surface area contributed by atoms with Crippen LogP contribution in [0.25, 0.3) is 28.5 Å². The number of phenolic OH excluding ortho intramolecular Hbond substituents is 1. The van der Waals surface area contributed by atoms with Gasteiger partial charge in [0.2, 0.25) is 5.88 Å². The van der Waals surface area contributed by atoms with E-state index in [9.17, 15) is 5.11 Å². The smallest absolute Gasteiger partial charge is 0.213 e. The number of pyridine rings is 1. The highest BCUT2D eigenvalue weighted by Gasteiger charge is 2.49. The summed E-state index contributed by atoms with van der Waals surface area (Å²) in [5.74, 6) is 0.594. The Balaban J connectivity index is 1.39. The lowest BCUT2D eigenvalue weighted by Gasteiger charge is -2.41. The Morgan fingerprint density at radius 2 is 1.91 bits per heavy atom. The van der Waals surface area contributed by atoms with Crippen LogP contribution < -0.4 is 10.1 Å². The molecular formula is C26H25FN4O2. The van der Waals surface area contributed by atoms with Crippen LogP contribution in [0.5, 0.6) is 11.6 Å². The Kier molecular flexibility index (Phi) is 5.01. The number of hydrogen-bond acceptors (Lipinski definition) is 6. The van der Waals surface area contributed by atoms with Crippen molar-refractivity contribution in [2.24, 2.45) is 0 Å². The first-order valence-corrected chi connectivity index (χ1v) is 10.8. The number of aromatic hydroxyl groups is 1. The van der Waals surface area contributed by atoms with Gasteiger partial charge in [-0.15, -0.1) is 0 Å². The first-order chi connectivity index (χ1) is 15.8. The summed E-state index contributed by atoms with van der Waals surface area (Å²) >= 11 is 0. The molecule has 1 fully saturated rings. The number of hydrogen-bond donors (Lipinski definition) is 2. The topological polar surface area (TPSA) is 80.2 Å². The molecule has 0 unspecified atom stereocenters. The predicted octanol–water partition coefficient (Wildman–Crippen LogP) is 4.72. The predicted molar refractivity (Wildman–Crippen MR) is 125 cm³/mol. The maximum absolute atomic E-state index is 15.1. The van der Waals surface area contributed by atoms with Crippen molar-refractivity contribution in [1.82, 2.24) is 20.3 Å². The SMILES string of the molecule is COc1cc(-c2ccc(-c3cnc(/C=C4\C[C@@]5(C)C=C[C@](C)(N5)[C@@H]4F)cn3)c(O)c2)ccn1. The third-order valence-electron chi connectivity index (χ3n) is 6.33. The minimum absolute atomic E-state index is 0.0920. The van der Waals surface area contributed by atoms with E-state index in [2.05, 4.69) is 27.2 Å². The zero-order valence-corrected chi connectivity index (χ0v) is 18.7. The molecule has 3 atom stereocenters. The summed E-state index contributed by atoms with van der Waals surface area (Å²) < 4.78 is 20.3. The van der Waals surface area contributed by atoms with Crippen LogP contribution in [0.1, 0.15) is 26.0 Å². The molecule has 5 rings (SSSR count). The van der Waals surface area contributed by atoms with Crippen LogP contribution in [0.3, 0.4) is 0 Å². The van der Waals surface area contributed by atoms with Gasteiger partial charge < -0.3 is 9.84 Å². The van der Waals surface area contributed by atoms with Crippen molar-refractivity contribution in [1.29, 1.82) is 0 Å². The molecule has 4 heterocycles. The lowest BCUT2D eigenvalue weighted by Crippen LogP contribution is -2.58. The molecule has 0 saturated carbocycles. The van der Waals surface area contributed by atoms with E-state index in [1.165, 1.54) is 0 Å². The van der Waals surface area contributed by atoms with E-state index in [1.807, 2.05) is 31.2 Å². The molecule has 0 radical (unpaired) electrons. The lowest BCUT2D eigenvalue weighted by molar-refractivity contribution is 0.178. The van der Waals surface area contributed by atoms with Crippen LogP contribution in [0.2, 0.25) is 0 Å². The molecule has 168 valence electrons. The minimum Gasteiger partial charge on any atom is -0.507 e. The Morgan fingerprint density at radius 3 is 2.64 bits per heavy atom. The molecule has 0 amide bonds. The van der Waals surface area contributed by atoms with Gasteiger partial charge in [0.1, 0.15) is 11.9 Å². The van der Waals surface area contributed by atoms with Crippen LogP contribution in [0.15, 0.2) is 66.6 Å². The molecule has 6 nitrogen and oxygen atoms in total. The summed E-state index contributed by atoms with van der Waals surface area (Å²) in [6.45, 7) is 3.94. The number of methoxy groups -OCH3 is 1. The molecule has 7 heteroatoms. The summed E-state index contributed by atoms with van der Waals surface area (Å²) in [5.41, 5.74) is 3.16. The van der Waals surface area contributed by atoms with E-state index < -0.39 is 11.7 Å². The number of fused-ring (bicyclic) bond motifs is 2. The molecule has 2 aliphatic heterocycles. The van der Waals surface area contributed by atoms with Gasteiger partial charge in [-0.05, 0) is 61.2 Å². The Bertz CT molecular complexity index is 1270. The van der Waals surface area contributed by atoms with Gasteiger partial charge in [0.15, 0.2) is 0 Å². The van der Waals surface area contributed by atoms with Crippen LogP contribution in [0.4, 0.5) is 4.39 Å². The normalized spacial score (nSPS) is 27.2. The Labute approximate surface area is 191 Å². The van der Waals surface area contributed by atoms with Gasteiger partial charge in [-0.2, -0.15) is 0 Å². The first-order valence-electron chi connectivity index (χ1n) is 10.8. The number of aromatic nitrogens is 3. The van der Waals surface area contributed by atoms with E-state index >= 15 is 4.39 Å². The van der Waals surface area contributed by atoms with Crippen molar-refractivity contribution in [2.75, 3.05) is 7.11 Å². The second-order valence-electron chi connectivity index (χ2n) is 9.06. The van der Waals surface area contributed by atoms with Crippen molar-refractivity contribution < 1.29 is 14.2 Å². The van der Waals surface area contributed by atoms with Gasteiger partial charge in [-0.25, -0.2) is 9.37 Å². The fourth-order valence-corrected chi connectivity index (χ4v) is 4.70. The summed E-state index contributed by atoms with van der Waals surface area (Å²) in [5, 5.41) is 14.0. The minimum atomic E-state index is -1.13. The van der Waals surface area contributed by atoms with Crippen molar-refractivity contribution in [3.05, 3.63) is 72.3 Å². The van der Waals surface area contributed by atoms with Crippen molar-refractivity contribution in [3.63, 3.8) is 0 Å². The average Bonchev–Trinajstić information content (AvgIpc) is 3.09. The van der Waals surface area contributed by atoms with Gasteiger partial charge in [-0.3, -0.25) is 15.3 Å². The van der Waals surface area contributed by atoms with E-state index in [0.29, 0.717) is 34.8 Å². The summed E-state index contributed by atoms with van der Waals surface area (Å²) in [6, 6.07) is 9.02. The van der Waals surface area contributed by atoms with Crippen LogP contribution >= 0.6 is 0 Å². The van der Waals surface area contributed by atoms with Crippen molar-refractivity contribution in [3.8, 4) is 34.0 Å². The highest BCUT2D eigenvalue weighted by atomic mass is 19.1. The van der Waals surface area contributed by atoms with Crippen LogP contribution in [-0.2, 0) is 0 Å². The number of nitrogens with zero attached hydrogens (tertiary/aromatic N) is 3. The molecule has 3 aromatic rings. The van der Waals surface area contributed by atoms with Gasteiger partial charge in [0, 0.05) is 23.4 Å². The number of rotatable bonds is 4. The van der Waals surface area contributed by atoms with E-state index in [1.54, 1.807) is 50.0 Å². The molecule has 2 aliphatic rings. The largest absolute Gasteiger partial charge is 0.507 e. The van der Waals surface area contributed by atoms with Crippen molar-refractivity contribution >= 4 is 6.08 Å². The van der Waals surface area contributed by atoms with E-state index in [-0.39, 0.29) is 11.3 Å². The highest BCUT2D eigenvalue weighted by molar-refractivity contribution is 5.74. The molecule has 0 spiro atoms. The number of piperidine rings is 1. The molecule has 1 saturated heterocycles. The number of alkyl halides is 1. The number of phenols is 1. The third kappa shape index (κ3) is 3.89. The summed E-state index contributed by atoms with van der Waals surface area (Å²) in [4.78, 5) is 13.0. The zero-order valence-electron chi connectivity index (χ0n) is 18.7. The molecule has 1 aromatic carbocycles. The molecule has 0 aliphatic carbocycles. The molecular weight excluding hydrogens is 419 g/mol. The Hall–Kier alpha value is -3.58. The van der Waals surface area contributed by atoms with Crippen molar-refractivity contribution in [2.45, 2.75) is 37.5 Å². The third-order valence-corrected chi connectivity index (χ3v) is 6.33. The number of ether oxygens (including phenoxy) is 1. The van der Waals surface area contributed by atoms with Gasteiger partial charge in [-0.1, -0.05) is 18.2 Å². The number of benzene rings is 1. The highest BCUT2D eigenvalue weighted by Crippen LogP contribution is 2.42. The molecule has 2 bridgehead atoms. The van der Waals surface area contributed by atoms with Crippen LogP contribution in [-0.4, -0.2) is 44.4 Å². The second-order valence-corrected chi connectivity index (χ2v) is 9.06.